The van der Waals surface area contributed by atoms with E-state index in [-0.39, 0.29) is 30.7 Å². The van der Waals surface area contributed by atoms with Crippen molar-refractivity contribution in [3.8, 4) is 0 Å². The first-order chi connectivity index (χ1) is 8.73. The molecule has 1 aliphatic rings. The van der Waals surface area contributed by atoms with Crippen molar-refractivity contribution < 1.29 is 13.2 Å². The third kappa shape index (κ3) is 5.10. The Morgan fingerprint density at radius 2 is 2.00 bits per heavy atom. The van der Waals surface area contributed by atoms with Crippen LogP contribution in [0.3, 0.4) is 0 Å². The van der Waals surface area contributed by atoms with Crippen LogP contribution in [0, 0.1) is 5.92 Å². The molecule has 0 aromatic carbocycles. The first-order valence-electron chi connectivity index (χ1n) is 6.35. The maximum absolute atomic E-state index is 12.1. The van der Waals surface area contributed by atoms with Gasteiger partial charge in [0.1, 0.15) is 4.33 Å². The molecule has 0 heterocycles. The summed E-state index contributed by atoms with van der Waals surface area (Å²) in [4.78, 5) is 11.5. The maximum Gasteiger partial charge on any atom is 0.235 e. The lowest BCUT2D eigenvalue weighted by molar-refractivity contribution is -0.121. The minimum Gasteiger partial charge on any atom is -0.355 e. The van der Waals surface area contributed by atoms with Crippen molar-refractivity contribution in [2.45, 2.75) is 31.0 Å². The molecule has 5 nitrogen and oxygen atoms in total. The van der Waals surface area contributed by atoms with Gasteiger partial charge in [-0.3, -0.25) is 4.79 Å². The van der Waals surface area contributed by atoms with Gasteiger partial charge in [-0.15, -0.1) is 23.2 Å². The predicted octanol–water partition coefficient (Wildman–Crippen LogP) is 1.36. The first kappa shape index (κ1) is 17.0. The van der Waals surface area contributed by atoms with Gasteiger partial charge in [0.15, 0.2) is 0 Å². The van der Waals surface area contributed by atoms with E-state index in [1.807, 2.05) is 0 Å². The van der Waals surface area contributed by atoms with Crippen LogP contribution >= 0.6 is 23.2 Å². The standard InChI is InChI=1S/C11H20Cl2N2O3S/c1-3-14-10(16)8-15(4-2)19(17,18)6-5-9-7-11(9,12)13/h9H,3-8H2,1-2H3,(H,14,16)/t9-/m0/s1. The van der Waals surface area contributed by atoms with Crippen LogP contribution in [0.1, 0.15) is 26.7 Å². The molecule has 0 saturated heterocycles. The van der Waals surface area contributed by atoms with Crippen molar-refractivity contribution in [3.05, 3.63) is 0 Å². The Kier molecular flexibility index (Phi) is 5.92. The molecule has 0 bridgehead atoms. The molecule has 1 rings (SSSR count). The number of hydrogen-bond donors (Lipinski definition) is 1. The third-order valence-corrected chi connectivity index (χ3v) is 5.97. The summed E-state index contributed by atoms with van der Waals surface area (Å²) in [5.74, 6) is -0.274. The van der Waals surface area contributed by atoms with E-state index >= 15 is 0 Å². The Hall–Kier alpha value is -0.0400. The SMILES string of the molecule is CCNC(=O)CN(CC)S(=O)(=O)CC[C@H]1CC1(Cl)Cl. The van der Waals surface area contributed by atoms with E-state index in [0.717, 1.165) is 0 Å². The van der Waals surface area contributed by atoms with Crippen LogP contribution in [0.4, 0.5) is 0 Å². The molecular formula is C11H20Cl2N2O3S. The number of halogens is 2. The molecule has 1 amide bonds. The van der Waals surface area contributed by atoms with Crippen LogP contribution in [-0.2, 0) is 14.8 Å². The molecule has 19 heavy (non-hydrogen) atoms. The van der Waals surface area contributed by atoms with Gasteiger partial charge in [0, 0.05) is 13.1 Å². The molecule has 1 aliphatic carbocycles. The highest BCUT2D eigenvalue weighted by molar-refractivity contribution is 7.89. The molecular weight excluding hydrogens is 311 g/mol. The van der Waals surface area contributed by atoms with E-state index in [9.17, 15) is 13.2 Å². The summed E-state index contributed by atoms with van der Waals surface area (Å²) in [7, 11) is -3.44. The summed E-state index contributed by atoms with van der Waals surface area (Å²) in [6.45, 7) is 4.12. The van der Waals surface area contributed by atoms with E-state index in [2.05, 4.69) is 5.32 Å². The maximum atomic E-state index is 12.1. The molecule has 1 N–H and O–H groups in total. The van der Waals surface area contributed by atoms with Crippen LogP contribution in [0.15, 0.2) is 0 Å². The molecule has 1 atom stereocenters. The van der Waals surface area contributed by atoms with E-state index in [1.165, 1.54) is 4.31 Å². The van der Waals surface area contributed by atoms with E-state index in [1.54, 1.807) is 13.8 Å². The van der Waals surface area contributed by atoms with E-state index in [0.29, 0.717) is 19.4 Å². The normalized spacial score (nSPS) is 21.4. The summed E-state index contributed by atoms with van der Waals surface area (Å²) < 4.78 is 24.6. The monoisotopic (exact) mass is 330 g/mol. The molecule has 0 aromatic rings. The lowest BCUT2D eigenvalue weighted by Gasteiger charge is -2.19. The second-order valence-electron chi connectivity index (χ2n) is 4.65. The summed E-state index contributed by atoms with van der Waals surface area (Å²) >= 11 is 11.7. The van der Waals surface area contributed by atoms with Gasteiger partial charge in [0.2, 0.25) is 15.9 Å². The van der Waals surface area contributed by atoms with Crippen molar-refractivity contribution >= 4 is 39.1 Å². The van der Waals surface area contributed by atoms with Crippen LogP contribution in [-0.4, -0.2) is 48.4 Å². The molecule has 0 spiro atoms. The average molecular weight is 331 g/mol. The van der Waals surface area contributed by atoms with Crippen molar-refractivity contribution in [3.63, 3.8) is 0 Å². The zero-order valence-corrected chi connectivity index (χ0v) is 13.5. The fourth-order valence-corrected chi connectivity index (χ4v) is 3.96. The molecule has 0 aliphatic heterocycles. The lowest BCUT2D eigenvalue weighted by atomic mass is 10.3. The first-order valence-corrected chi connectivity index (χ1v) is 8.71. The minimum atomic E-state index is -3.44. The summed E-state index contributed by atoms with van der Waals surface area (Å²) in [5.41, 5.74) is 0. The Bertz CT molecular complexity index is 426. The summed E-state index contributed by atoms with van der Waals surface area (Å²) in [6, 6.07) is 0. The fraction of sp³-hybridized carbons (Fsp3) is 0.909. The highest BCUT2D eigenvalue weighted by Gasteiger charge is 2.51. The lowest BCUT2D eigenvalue weighted by Crippen LogP contribution is -2.41. The largest absolute Gasteiger partial charge is 0.355 e. The van der Waals surface area contributed by atoms with Gasteiger partial charge in [0.25, 0.3) is 0 Å². The number of rotatable bonds is 8. The number of nitrogens with zero attached hydrogens (tertiary/aromatic N) is 1. The minimum absolute atomic E-state index is 0.0217. The molecule has 1 saturated carbocycles. The summed E-state index contributed by atoms with van der Waals surface area (Å²) in [6.07, 6.45) is 1.06. The highest BCUT2D eigenvalue weighted by Crippen LogP contribution is 2.55. The number of sulfonamides is 1. The van der Waals surface area contributed by atoms with Crippen molar-refractivity contribution in [2.75, 3.05) is 25.4 Å². The number of carbonyl (C=O) groups excluding carboxylic acids is 1. The molecule has 8 heteroatoms. The van der Waals surface area contributed by atoms with Crippen molar-refractivity contribution in [2.24, 2.45) is 5.92 Å². The predicted molar refractivity (Wildman–Crippen MR) is 76.9 cm³/mol. The van der Waals surface area contributed by atoms with Gasteiger partial charge in [-0.05, 0) is 25.7 Å². The van der Waals surface area contributed by atoms with Gasteiger partial charge in [-0.25, -0.2) is 8.42 Å². The number of carbonyl (C=O) groups is 1. The fourth-order valence-electron chi connectivity index (χ4n) is 1.82. The van der Waals surface area contributed by atoms with E-state index < -0.39 is 14.4 Å². The van der Waals surface area contributed by atoms with Crippen LogP contribution in [0.5, 0.6) is 0 Å². The van der Waals surface area contributed by atoms with Crippen LogP contribution in [0.25, 0.3) is 0 Å². The third-order valence-electron chi connectivity index (χ3n) is 3.12. The zero-order valence-electron chi connectivity index (χ0n) is 11.2. The van der Waals surface area contributed by atoms with Crippen molar-refractivity contribution in [1.29, 1.82) is 0 Å². The molecule has 0 unspecified atom stereocenters. The number of alkyl halides is 2. The zero-order chi connectivity index (χ0) is 14.7. The Balaban J connectivity index is 2.50. The van der Waals surface area contributed by atoms with Gasteiger partial charge < -0.3 is 5.32 Å². The molecule has 0 aromatic heterocycles. The molecule has 112 valence electrons. The number of amides is 1. The smallest absolute Gasteiger partial charge is 0.235 e. The van der Waals surface area contributed by atoms with Crippen LogP contribution in [0.2, 0.25) is 0 Å². The Labute approximate surface area is 124 Å². The Morgan fingerprint density at radius 3 is 2.42 bits per heavy atom. The quantitative estimate of drug-likeness (QED) is 0.683. The second kappa shape index (κ2) is 6.61. The van der Waals surface area contributed by atoms with Gasteiger partial charge >= 0.3 is 0 Å². The topological polar surface area (TPSA) is 66.5 Å². The number of nitrogens with one attached hydrogen (secondary N) is 1. The average Bonchev–Trinajstić information content (AvgIpc) is 2.92. The van der Waals surface area contributed by atoms with Gasteiger partial charge in [-0.1, -0.05) is 6.92 Å². The van der Waals surface area contributed by atoms with E-state index in [4.69, 9.17) is 23.2 Å². The van der Waals surface area contributed by atoms with Gasteiger partial charge in [0.05, 0.1) is 12.3 Å². The van der Waals surface area contributed by atoms with Gasteiger partial charge in [-0.2, -0.15) is 4.31 Å². The highest BCUT2D eigenvalue weighted by atomic mass is 35.5. The van der Waals surface area contributed by atoms with Crippen LogP contribution < -0.4 is 5.32 Å². The number of likely N-dealkylation sites (N-methyl/N-ethyl adjacent to an activating group) is 2. The van der Waals surface area contributed by atoms with Crippen molar-refractivity contribution in [1.82, 2.24) is 9.62 Å². The second-order valence-corrected chi connectivity index (χ2v) is 8.28. The number of hydrogen-bond acceptors (Lipinski definition) is 3. The molecule has 0 radical (unpaired) electrons. The summed E-state index contributed by atoms with van der Waals surface area (Å²) in [5, 5.41) is 2.59. The molecule has 1 fully saturated rings. The Morgan fingerprint density at radius 1 is 1.42 bits per heavy atom.